The Labute approximate surface area is 134 Å². The minimum Gasteiger partial charge on any atom is -0.395 e. The SMILES string of the molecule is Cc1ccc(-c2csc(NC(=O)CN(C)C(C)CO)n2)cc1. The zero-order valence-electron chi connectivity index (χ0n) is 13.0. The number of hydrogen-bond donors (Lipinski definition) is 2. The molecule has 2 rings (SSSR count). The van der Waals surface area contributed by atoms with Crippen LogP contribution in [0.3, 0.4) is 0 Å². The third-order valence-electron chi connectivity index (χ3n) is 3.51. The molecule has 5 nitrogen and oxygen atoms in total. The Morgan fingerprint density at radius 2 is 2.09 bits per heavy atom. The second-order valence-electron chi connectivity index (χ2n) is 5.40. The van der Waals surface area contributed by atoms with Crippen molar-refractivity contribution in [2.24, 2.45) is 0 Å². The van der Waals surface area contributed by atoms with Gasteiger partial charge in [-0.15, -0.1) is 11.3 Å². The Morgan fingerprint density at radius 3 is 2.73 bits per heavy atom. The molecule has 118 valence electrons. The molecule has 1 amide bonds. The van der Waals surface area contributed by atoms with E-state index < -0.39 is 0 Å². The summed E-state index contributed by atoms with van der Waals surface area (Å²) in [7, 11) is 1.81. The van der Waals surface area contributed by atoms with Crippen LogP contribution in [0, 0.1) is 6.92 Å². The fourth-order valence-electron chi connectivity index (χ4n) is 1.87. The van der Waals surface area contributed by atoms with Gasteiger partial charge in [-0.25, -0.2) is 4.98 Å². The van der Waals surface area contributed by atoms with Crippen molar-refractivity contribution >= 4 is 22.4 Å². The van der Waals surface area contributed by atoms with Crippen LogP contribution in [-0.4, -0.2) is 47.1 Å². The molecular formula is C16H21N3O2S. The van der Waals surface area contributed by atoms with Crippen LogP contribution in [0.1, 0.15) is 12.5 Å². The highest BCUT2D eigenvalue weighted by atomic mass is 32.1. The highest BCUT2D eigenvalue weighted by Gasteiger charge is 2.13. The van der Waals surface area contributed by atoms with E-state index in [0.29, 0.717) is 5.13 Å². The average Bonchev–Trinajstić information content (AvgIpc) is 2.95. The fraction of sp³-hybridized carbons (Fsp3) is 0.375. The molecule has 1 atom stereocenters. The van der Waals surface area contributed by atoms with E-state index in [4.69, 9.17) is 5.11 Å². The van der Waals surface area contributed by atoms with Crippen molar-refractivity contribution in [3.8, 4) is 11.3 Å². The highest BCUT2D eigenvalue weighted by Crippen LogP contribution is 2.25. The molecule has 1 heterocycles. The molecule has 0 radical (unpaired) electrons. The molecule has 0 aliphatic carbocycles. The lowest BCUT2D eigenvalue weighted by atomic mass is 10.1. The molecule has 1 aromatic heterocycles. The Balaban J connectivity index is 1.97. The second-order valence-corrected chi connectivity index (χ2v) is 6.26. The van der Waals surface area contributed by atoms with Crippen molar-refractivity contribution in [1.29, 1.82) is 0 Å². The van der Waals surface area contributed by atoms with Gasteiger partial charge >= 0.3 is 0 Å². The summed E-state index contributed by atoms with van der Waals surface area (Å²) in [6, 6.07) is 8.07. The number of amides is 1. The zero-order chi connectivity index (χ0) is 16.1. The van der Waals surface area contributed by atoms with Gasteiger partial charge in [0.15, 0.2) is 5.13 Å². The van der Waals surface area contributed by atoms with Gasteiger partial charge in [0.2, 0.25) is 5.91 Å². The number of likely N-dealkylation sites (N-methyl/N-ethyl adjacent to an activating group) is 1. The molecule has 0 fully saturated rings. The molecule has 2 N–H and O–H groups in total. The summed E-state index contributed by atoms with van der Waals surface area (Å²) in [5.41, 5.74) is 3.10. The van der Waals surface area contributed by atoms with Crippen molar-refractivity contribution in [1.82, 2.24) is 9.88 Å². The molecule has 0 spiro atoms. The van der Waals surface area contributed by atoms with Crippen LogP contribution in [0.25, 0.3) is 11.3 Å². The van der Waals surface area contributed by atoms with E-state index in [-0.39, 0.29) is 25.1 Å². The number of anilines is 1. The average molecular weight is 319 g/mol. The minimum absolute atomic E-state index is 0.0264. The molecular weight excluding hydrogens is 298 g/mol. The third-order valence-corrected chi connectivity index (χ3v) is 4.27. The van der Waals surface area contributed by atoms with Gasteiger partial charge in [0.1, 0.15) is 0 Å². The van der Waals surface area contributed by atoms with Gasteiger partial charge in [-0.3, -0.25) is 9.69 Å². The lowest BCUT2D eigenvalue weighted by Gasteiger charge is -2.21. The Morgan fingerprint density at radius 1 is 1.41 bits per heavy atom. The van der Waals surface area contributed by atoms with E-state index in [9.17, 15) is 4.79 Å². The topological polar surface area (TPSA) is 65.5 Å². The first-order valence-corrected chi connectivity index (χ1v) is 8.01. The van der Waals surface area contributed by atoms with Gasteiger partial charge in [-0.1, -0.05) is 29.8 Å². The normalized spacial score (nSPS) is 12.4. The maximum Gasteiger partial charge on any atom is 0.240 e. The molecule has 1 aromatic carbocycles. The number of benzene rings is 1. The van der Waals surface area contributed by atoms with Gasteiger partial charge in [0, 0.05) is 17.0 Å². The van der Waals surface area contributed by atoms with E-state index in [1.165, 1.54) is 16.9 Å². The number of carbonyl (C=O) groups excluding carboxylic acids is 1. The maximum atomic E-state index is 12.0. The van der Waals surface area contributed by atoms with E-state index >= 15 is 0 Å². The van der Waals surface area contributed by atoms with Crippen LogP contribution in [0.4, 0.5) is 5.13 Å². The summed E-state index contributed by atoms with van der Waals surface area (Å²) < 4.78 is 0. The number of thiazole rings is 1. The van der Waals surface area contributed by atoms with E-state index in [1.807, 2.05) is 43.5 Å². The van der Waals surface area contributed by atoms with E-state index in [0.717, 1.165) is 11.3 Å². The van der Waals surface area contributed by atoms with Gasteiger partial charge in [0.05, 0.1) is 18.8 Å². The molecule has 0 aliphatic rings. The van der Waals surface area contributed by atoms with Crippen LogP contribution in [-0.2, 0) is 4.79 Å². The summed E-state index contributed by atoms with van der Waals surface area (Å²) in [4.78, 5) is 18.2. The smallest absolute Gasteiger partial charge is 0.240 e. The Bertz CT molecular complexity index is 625. The number of aliphatic hydroxyl groups is 1. The van der Waals surface area contributed by atoms with Crippen LogP contribution in [0.2, 0.25) is 0 Å². The molecule has 0 saturated heterocycles. The molecule has 0 aliphatic heterocycles. The molecule has 2 aromatic rings. The molecule has 1 unspecified atom stereocenters. The molecule has 6 heteroatoms. The number of aliphatic hydroxyl groups excluding tert-OH is 1. The van der Waals surface area contributed by atoms with Crippen LogP contribution in [0.5, 0.6) is 0 Å². The molecule has 0 bridgehead atoms. The number of carbonyl (C=O) groups is 1. The number of hydrogen-bond acceptors (Lipinski definition) is 5. The van der Waals surface area contributed by atoms with Crippen molar-refractivity contribution in [2.75, 3.05) is 25.5 Å². The number of aromatic nitrogens is 1. The molecule has 0 saturated carbocycles. The monoisotopic (exact) mass is 319 g/mol. The highest BCUT2D eigenvalue weighted by molar-refractivity contribution is 7.14. The minimum atomic E-state index is -0.132. The largest absolute Gasteiger partial charge is 0.395 e. The van der Waals surface area contributed by atoms with Gasteiger partial charge in [-0.2, -0.15) is 0 Å². The summed E-state index contributed by atoms with van der Waals surface area (Å²) in [5.74, 6) is -0.132. The number of rotatable bonds is 6. The quantitative estimate of drug-likeness (QED) is 0.858. The molecule has 22 heavy (non-hydrogen) atoms. The summed E-state index contributed by atoms with van der Waals surface area (Å²) in [6.45, 7) is 4.16. The summed E-state index contributed by atoms with van der Waals surface area (Å²) >= 11 is 1.41. The number of aryl methyl sites for hydroxylation is 1. The standard InChI is InChI=1S/C16H21N3O2S/c1-11-4-6-13(7-5-11)14-10-22-16(17-14)18-15(21)8-19(3)12(2)9-20/h4-7,10,12,20H,8-9H2,1-3H3,(H,17,18,21). The Hall–Kier alpha value is -1.76. The number of nitrogens with zero attached hydrogens (tertiary/aromatic N) is 2. The van der Waals surface area contributed by atoms with Crippen LogP contribution < -0.4 is 5.32 Å². The lowest BCUT2D eigenvalue weighted by molar-refractivity contribution is -0.117. The third kappa shape index (κ3) is 4.37. The van der Waals surface area contributed by atoms with Gasteiger partial charge in [0.25, 0.3) is 0 Å². The number of nitrogens with one attached hydrogen (secondary N) is 1. The van der Waals surface area contributed by atoms with E-state index in [1.54, 1.807) is 11.9 Å². The predicted molar refractivity (Wildman–Crippen MR) is 90.1 cm³/mol. The van der Waals surface area contributed by atoms with Crippen molar-refractivity contribution < 1.29 is 9.90 Å². The van der Waals surface area contributed by atoms with Crippen LogP contribution >= 0.6 is 11.3 Å². The second kappa shape index (κ2) is 7.49. The first-order valence-electron chi connectivity index (χ1n) is 7.13. The lowest BCUT2D eigenvalue weighted by Crippen LogP contribution is -2.38. The van der Waals surface area contributed by atoms with Crippen LogP contribution in [0.15, 0.2) is 29.6 Å². The van der Waals surface area contributed by atoms with E-state index in [2.05, 4.69) is 10.3 Å². The van der Waals surface area contributed by atoms with Crippen molar-refractivity contribution in [3.63, 3.8) is 0 Å². The van der Waals surface area contributed by atoms with Crippen molar-refractivity contribution in [2.45, 2.75) is 19.9 Å². The van der Waals surface area contributed by atoms with Crippen molar-refractivity contribution in [3.05, 3.63) is 35.2 Å². The fourth-order valence-corrected chi connectivity index (χ4v) is 2.60. The first kappa shape index (κ1) is 16.6. The summed E-state index contributed by atoms with van der Waals surface area (Å²) in [5, 5.41) is 14.4. The Kier molecular flexibility index (Phi) is 5.65. The van der Waals surface area contributed by atoms with Gasteiger partial charge in [-0.05, 0) is 20.9 Å². The first-order chi connectivity index (χ1) is 10.5. The maximum absolute atomic E-state index is 12.0. The van der Waals surface area contributed by atoms with Gasteiger partial charge < -0.3 is 10.4 Å². The zero-order valence-corrected chi connectivity index (χ0v) is 13.9. The summed E-state index contributed by atoms with van der Waals surface area (Å²) in [6.07, 6.45) is 0. The predicted octanol–water partition coefficient (Wildman–Crippen LogP) is 2.37.